The van der Waals surface area contributed by atoms with Crippen LogP contribution in [0, 0.1) is 5.92 Å². The fraction of sp³-hybridized carbons (Fsp3) is 0.647. The fourth-order valence-corrected chi connectivity index (χ4v) is 3.80. The van der Waals surface area contributed by atoms with Gasteiger partial charge in [0.2, 0.25) is 0 Å². The van der Waals surface area contributed by atoms with Crippen LogP contribution in [0.15, 0.2) is 24.3 Å². The van der Waals surface area contributed by atoms with Gasteiger partial charge in [-0.2, -0.15) is 0 Å². The standard InChI is InChI=1S/C17H25N/c1-2-4-8-14(7-3-1)11-16-13-18-12-15-9-5-6-10-17(15)16/h5-6,9-10,14,16,18H,1-4,7-8,11-13H2. The maximum absolute atomic E-state index is 3.60. The van der Waals surface area contributed by atoms with Gasteiger partial charge in [-0.15, -0.1) is 0 Å². The van der Waals surface area contributed by atoms with Gasteiger partial charge >= 0.3 is 0 Å². The highest BCUT2D eigenvalue weighted by atomic mass is 14.9. The van der Waals surface area contributed by atoms with Gasteiger partial charge in [0.1, 0.15) is 0 Å². The summed E-state index contributed by atoms with van der Waals surface area (Å²) >= 11 is 0. The lowest BCUT2D eigenvalue weighted by atomic mass is 9.82. The third-order valence-corrected chi connectivity index (χ3v) is 4.79. The molecule has 0 amide bonds. The Balaban J connectivity index is 1.69. The quantitative estimate of drug-likeness (QED) is 0.766. The van der Waals surface area contributed by atoms with Crippen molar-refractivity contribution in [3.63, 3.8) is 0 Å². The van der Waals surface area contributed by atoms with E-state index >= 15 is 0 Å². The summed E-state index contributed by atoms with van der Waals surface area (Å²) in [7, 11) is 0. The van der Waals surface area contributed by atoms with Crippen molar-refractivity contribution in [3.05, 3.63) is 35.4 Å². The molecule has 0 aromatic heterocycles. The molecule has 1 aromatic carbocycles. The Bertz CT molecular complexity index is 377. The zero-order valence-corrected chi connectivity index (χ0v) is 11.3. The number of fused-ring (bicyclic) bond motifs is 1. The fourth-order valence-electron chi connectivity index (χ4n) is 3.80. The zero-order chi connectivity index (χ0) is 12.2. The highest BCUT2D eigenvalue weighted by Gasteiger charge is 2.23. The Kier molecular flexibility index (Phi) is 3.99. The number of hydrogen-bond donors (Lipinski definition) is 1. The van der Waals surface area contributed by atoms with E-state index in [1.807, 2.05) is 0 Å². The maximum atomic E-state index is 3.60. The van der Waals surface area contributed by atoms with Gasteiger partial charge in [-0.05, 0) is 29.4 Å². The molecule has 3 rings (SSSR count). The third-order valence-electron chi connectivity index (χ3n) is 4.79. The molecule has 1 nitrogen and oxygen atoms in total. The molecule has 1 atom stereocenters. The summed E-state index contributed by atoms with van der Waals surface area (Å²) < 4.78 is 0. The molecule has 98 valence electrons. The molecule has 18 heavy (non-hydrogen) atoms. The van der Waals surface area contributed by atoms with Gasteiger partial charge in [0.15, 0.2) is 0 Å². The lowest BCUT2D eigenvalue weighted by molar-refractivity contribution is 0.370. The molecule has 0 bridgehead atoms. The third kappa shape index (κ3) is 2.77. The van der Waals surface area contributed by atoms with Crippen LogP contribution in [0.3, 0.4) is 0 Å². The van der Waals surface area contributed by atoms with Crippen LogP contribution < -0.4 is 5.32 Å². The molecule has 1 aromatic rings. The first kappa shape index (κ1) is 12.2. The van der Waals surface area contributed by atoms with Crippen LogP contribution in [0.25, 0.3) is 0 Å². The maximum Gasteiger partial charge on any atom is 0.0208 e. The highest BCUT2D eigenvalue weighted by Crippen LogP contribution is 2.34. The molecule has 2 aliphatic rings. The minimum atomic E-state index is 0.762. The predicted molar refractivity (Wildman–Crippen MR) is 76.7 cm³/mol. The van der Waals surface area contributed by atoms with Gasteiger partial charge in [0.25, 0.3) is 0 Å². The molecule has 1 aliphatic carbocycles. The largest absolute Gasteiger partial charge is 0.312 e. The molecular formula is C17H25N. The van der Waals surface area contributed by atoms with E-state index in [4.69, 9.17) is 0 Å². The van der Waals surface area contributed by atoms with E-state index in [1.165, 1.54) is 57.1 Å². The molecule has 1 heterocycles. The SMILES string of the molecule is c1ccc2c(c1)CNCC2CC1CCCCCC1. The minimum Gasteiger partial charge on any atom is -0.312 e. The Hall–Kier alpha value is -0.820. The number of nitrogens with one attached hydrogen (secondary N) is 1. The van der Waals surface area contributed by atoms with E-state index in [-0.39, 0.29) is 0 Å². The number of benzene rings is 1. The van der Waals surface area contributed by atoms with E-state index in [1.54, 1.807) is 5.56 Å². The van der Waals surface area contributed by atoms with E-state index < -0.39 is 0 Å². The molecule has 1 N–H and O–H groups in total. The summed E-state index contributed by atoms with van der Waals surface area (Å²) in [6.07, 6.45) is 10.2. The summed E-state index contributed by atoms with van der Waals surface area (Å²) in [6.45, 7) is 2.25. The topological polar surface area (TPSA) is 12.0 Å². The van der Waals surface area contributed by atoms with Crippen molar-refractivity contribution in [2.24, 2.45) is 5.92 Å². The predicted octanol–water partition coefficient (Wildman–Crippen LogP) is 4.23. The average Bonchev–Trinajstić information content (AvgIpc) is 2.68. The first-order valence-electron chi connectivity index (χ1n) is 7.72. The molecule has 1 aliphatic heterocycles. The second kappa shape index (κ2) is 5.88. The first-order valence-corrected chi connectivity index (χ1v) is 7.72. The van der Waals surface area contributed by atoms with Gasteiger partial charge in [0.05, 0.1) is 0 Å². The van der Waals surface area contributed by atoms with E-state index in [9.17, 15) is 0 Å². The van der Waals surface area contributed by atoms with Crippen LogP contribution in [0.2, 0.25) is 0 Å². The molecule has 1 saturated carbocycles. The van der Waals surface area contributed by atoms with Gasteiger partial charge < -0.3 is 5.32 Å². The minimum absolute atomic E-state index is 0.762. The van der Waals surface area contributed by atoms with Crippen molar-refractivity contribution in [2.45, 2.75) is 57.4 Å². The van der Waals surface area contributed by atoms with Crippen LogP contribution in [0.5, 0.6) is 0 Å². The summed E-state index contributed by atoms with van der Waals surface area (Å²) in [4.78, 5) is 0. The molecule has 1 heteroatoms. The summed E-state index contributed by atoms with van der Waals surface area (Å²) in [5.41, 5.74) is 3.16. The Morgan fingerprint density at radius 3 is 2.61 bits per heavy atom. The molecular weight excluding hydrogens is 218 g/mol. The van der Waals surface area contributed by atoms with Gasteiger partial charge in [-0.25, -0.2) is 0 Å². The van der Waals surface area contributed by atoms with Crippen molar-refractivity contribution in [2.75, 3.05) is 6.54 Å². The monoisotopic (exact) mass is 243 g/mol. The van der Waals surface area contributed by atoms with E-state index in [0.29, 0.717) is 0 Å². The number of hydrogen-bond acceptors (Lipinski definition) is 1. The summed E-state index contributed by atoms with van der Waals surface area (Å²) in [6, 6.07) is 9.04. The molecule has 1 fully saturated rings. The van der Waals surface area contributed by atoms with Crippen LogP contribution in [0.1, 0.15) is 62.0 Å². The average molecular weight is 243 g/mol. The normalized spacial score (nSPS) is 25.4. The Morgan fingerprint density at radius 2 is 1.78 bits per heavy atom. The Morgan fingerprint density at radius 1 is 1.00 bits per heavy atom. The van der Waals surface area contributed by atoms with Crippen molar-refractivity contribution in [3.8, 4) is 0 Å². The van der Waals surface area contributed by atoms with Crippen molar-refractivity contribution < 1.29 is 0 Å². The lowest BCUT2D eigenvalue weighted by Gasteiger charge is -2.29. The van der Waals surface area contributed by atoms with Crippen LogP contribution in [-0.4, -0.2) is 6.54 Å². The summed E-state index contributed by atoms with van der Waals surface area (Å²) in [5, 5.41) is 3.60. The molecule has 0 spiro atoms. The first-order chi connectivity index (χ1) is 8.93. The lowest BCUT2D eigenvalue weighted by Crippen LogP contribution is -2.29. The molecule has 0 radical (unpaired) electrons. The van der Waals surface area contributed by atoms with Crippen molar-refractivity contribution in [1.82, 2.24) is 5.32 Å². The zero-order valence-electron chi connectivity index (χ0n) is 11.3. The second-order valence-electron chi connectivity index (χ2n) is 6.12. The van der Waals surface area contributed by atoms with E-state index in [2.05, 4.69) is 29.6 Å². The van der Waals surface area contributed by atoms with Crippen LogP contribution >= 0.6 is 0 Å². The smallest absolute Gasteiger partial charge is 0.0208 e. The van der Waals surface area contributed by atoms with Gasteiger partial charge in [0, 0.05) is 13.1 Å². The van der Waals surface area contributed by atoms with Gasteiger partial charge in [-0.1, -0.05) is 62.8 Å². The van der Waals surface area contributed by atoms with Crippen LogP contribution in [-0.2, 0) is 6.54 Å². The molecule has 0 saturated heterocycles. The van der Waals surface area contributed by atoms with Crippen molar-refractivity contribution in [1.29, 1.82) is 0 Å². The van der Waals surface area contributed by atoms with E-state index in [0.717, 1.165) is 18.4 Å². The Labute approximate surface area is 111 Å². The summed E-state index contributed by atoms with van der Waals surface area (Å²) in [5.74, 6) is 1.74. The second-order valence-corrected chi connectivity index (χ2v) is 6.12. The number of rotatable bonds is 2. The molecule has 1 unspecified atom stereocenters. The van der Waals surface area contributed by atoms with Gasteiger partial charge in [-0.3, -0.25) is 0 Å². The van der Waals surface area contributed by atoms with Crippen LogP contribution in [0.4, 0.5) is 0 Å². The van der Waals surface area contributed by atoms with Crippen molar-refractivity contribution >= 4 is 0 Å². The highest BCUT2D eigenvalue weighted by molar-refractivity contribution is 5.32.